The predicted molar refractivity (Wildman–Crippen MR) is 151 cm³/mol. The lowest BCUT2D eigenvalue weighted by molar-refractivity contribution is 0.0209. The van der Waals surface area contributed by atoms with E-state index >= 15 is 0 Å². The number of nitrogens with zero attached hydrogens (tertiary/aromatic N) is 2. The van der Waals surface area contributed by atoms with Crippen molar-refractivity contribution >= 4 is 51.0 Å². The molecule has 0 N–H and O–H groups in total. The molecule has 0 radical (unpaired) electrons. The molecule has 2 aromatic rings. The Bertz CT molecular complexity index is 1170. The monoisotopic (exact) mass is 600 g/mol. The number of hydrogen-bond acceptors (Lipinski definition) is 6. The molecule has 10 heteroatoms. The summed E-state index contributed by atoms with van der Waals surface area (Å²) in [5.41, 5.74) is -0.761. The first kappa shape index (κ1) is 30.7. The van der Waals surface area contributed by atoms with Gasteiger partial charge in [-0.1, -0.05) is 39.8 Å². The maximum absolute atomic E-state index is 14.0. The molecule has 2 rings (SSSR count). The quantitative estimate of drug-likeness (QED) is 0.224. The van der Waals surface area contributed by atoms with Gasteiger partial charge in [0.1, 0.15) is 11.0 Å². The average molecular weight is 602 g/mol. The molecule has 1 amide bonds. The van der Waals surface area contributed by atoms with Gasteiger partial charge in [-0.3, -0.25) is 9.88 Å². The van der Waals surface area contributed by atoms with Crippen LogP contribution in [0.2, 0.25) is 18.1 Å². The minimum atomic E-state index is -3.95. The summed E-state index contributed by atoms with van der Waals surface area (Å²) in [6.45, 7) is 18.6. The van der Waals surface area contributed by atoms with Crippen molar-refractivity contribution in [1.29, 1.82) is 0 Å². The summed E-state index contributed by atoms with van der Waals surface area (Å²) in [4.78, 5) is 19.0. The number of carbonyl (C=O) groups excluding carboxylic acids is 1. The Hall–Kier alpha value is -1.49. The minimum Gasteiger partial charge on any atom is -0.444 e. The molecule has 0 aliphatic rings. The molecule has 1 heterocycles. The van der Waals surface area contributed by atoms with E-state index in [9.17, 15) is 13.2 Å². The Kier molecular flexibility index (Phi) is 9.81. The molecule has 36 heavy (non-hydrogen) atoms. The van der Waals surface area contributed by atoms with E-state index in [2.05, 4.69) is 54.8 Å². The van der Waals surface area contributed by atoms with Gasteiger partial charge in [-0.05, 0) is 73.7 Å². The third-order valence-corrected chi connectivity index (χ3v) is 13.9. The Balaban J connectivity index is 2.43. The summed E-state index contributed by atoms with van der Waals surface area (Å²) in [5, 5.41) is 0.221. The molecule has 0 aliphatic heterocycles. The first-order valence-electron chi connectivity index (χ1n) is 12.3. The molecule has 0 saturated carbocycles. The van der Waals surface area contributed by atoms with E-state index in [0.717, 1.165) is 0 Å². The Morgan fingerprint density at radius 2 is 1.78 bits per heavy atom. The van der Waals surface area contributed by atoms with Crippen molar-refractivity contribution in [2.45, 2.75) is 95.3 Å². The summed E-state index contributed by atoms with van der Waals surface area (Å²) in [7, 11) is -5.92. The van der Waals surface area contributed by atoms with E-state index in [-0.39, 0.29) is 22.9 Å². The molecule has 1 unspecified atom stereocenters. The topological polar surface area (TPSA) is 85.8 Å². The van der Waals surface area contributed by atoms with Gasteiger partial charge in [-0.25, -0.2) is 13.2 Å². The van der Waals surface area contributed by atoms with E-state index in [1.807, 2.05) is 6.07 Å². The molecule has 1 atom stereocenters. The van der Waals surface area contributed by atoms with Gasteiger partial charge in [0.15, 0.2) is 18.2 Å². The van der Waals surface area contributed by atoms with Crippen molar-refractivity contribution in [2.75, 3.05) is 13.2 Å². The Labute approximate surface area is 226 Å². The number of pyridine rings is 1. The lowest BCUT2D eigenvalue weighted by atomic mass is 10.2. The van der Waals surface area contributed by atoms with Crippen LogP contribution in [0.3, 0.4) is 0 Å². The average Bonchev–Trinajstić information content (AvgIpc) is 2.73. The number of fused-ring (bicyclic) bond motifs is 1. The second-order valence-corrected chi connectivity index (χ2v) is 19.3. The standard InChI is InChI=1S/C26H41BrN2O5SSi/c1-10-22(35(31,32)21-14-11-13-19-17-28-18-20(27)23(19)21)29(24(30)34-25(2,3)4)15-12-16-33-36(8,9)26(5,6)7/h11,13-14,17-18,22H,10,12,15-16H2,1-9H3. The predicted octanol–water partition coefficient (Wildman–Crippen LogP) is 7.16. The van der Waals surface area contributed by atoms with Crippen molar-refractivity contribution in [2.24, 2.45) is 0 Å². The van der Waals surface area contributed by atoms with Crippen molar-refractivity contribution < 1.29 is 22.4 Å². The van der Waals surface area contributed by atoms with Crippen LogP contribution in [0.5, 0.6) is 0 Å². The first-order chi connectivity index (χ1) is 16.4. The van der Waals surface area contributed by atoms with E-state index < -0.39 is 35.2 Å². The molecule has 202 valence electrons. The highest BCUT2D eigenvalue weighted by Crippen LogP contribution is 2.37. The highest BCUT2D eigenvalue weighted by molar-refractivity contribution is 9.10. The van der Waals surface area contributed by atoms with Gasteiger partial charge in [-0.2, -0.15) is 0 Å². The lowest BCUT2D eigenvalue weighted by Gasteiger charge is -2.37. The Morgan fingerprint density at radius 1 is 1.14 bits per heavy atom. The van der Waals surface area contributed by atoms with Crippen LogP contribution in [0.15, 0.2) is 40.0 Å². The zero-order valence-electron chi connectivity index (χ0n) is 23.0. The normalized spacial score (nSPS) is 14.1. The van der Waals surface area contributed by atoms with Gasteiger partial charge in [-0.15, -0.1) is 0 Å². The van der Waals surface area contributed by atoms with Crippen LogP contribution in [0.25, 0.3) is 10.8 Å². The summed E-state index contributed by atoms with van der Waals surface area (Å²) in [6, 6.07) is 5.09. The fraction of sp³-hybridized carbons (Fsp3) is 0.615. The molecule has 7 nitrogen and oxygen atoms in total. The van der Waals surface area contributed by atoms with Gasteiger partial charge in [0.05, 0.1) is 4.90 Å². The molecule has 1 aromatic heterocycles. The molecular formula is C26H41BrN2O5SSi. The van der Waals surface area contributed by atoms with Crippen LogP contribution in [-0.2, 0) is 19.0 Å². The molecule has 0 spiro atoms. The summed E-state index contributed by atoms with van der Waals surface area (Å²) in [6.07, 6.45) is 3.27. The third kappa shape index (κ3) is 7.30. The van der Waals surface area contributed by atoms with Crippen LogP contribution in [0.1, 0.15) is 61.3 Å². The Morgan fingerprint density at radius 3 is 2.33 bits per heavy atom. The second kappa shape index (κ2) is 11.5. The molecule has 0 aliphatic carbocycles. The minimum absolute atomic E-state index is 0.0593. The SMILES string of the molecule is CCC(N(CCCO[Si](C)(C)C(C)(C)C)C(=O)OC(C)(C)C)S(=O)(=O)c1cccc2cncc(Br)c12. The van der Waals surface area contributed by atoms with Gasteiger partial charge in [0.25, 0.3) is 0 Å². The molecular weight excluding hydrogens is 560 g/mol. The zero-order valence-corrected chi connectivity index (χ0v) is 26.4. The van der Waals surface area contributed by atoms with Crippen LogP contribution in [0, 0.1) is 0 Å². The van der Waals surface area contributed by atoms with Gasteiger partial charge in [0.2, 0.25) is 0 Å². The maximum atomic E-state index is 14.0. The highest BCUT2D eigenvalue weighted by atomic mass is 79.9. The van der Waals surface area contributed by atoms with Crippen LogP contribution in [0.4, 0.5) is 4.79 Å². The van der Waals surface area contributed by atoms with Crippen LogP contribution < -0.4 is 0 Å². The van der Waals surface area contributed by atoms with E-state index in [4.69, 9.17) is 9.16 Å². The number of halogens is 1. The zero-order chi connectivity index (χ0) is 27.5. The van der Waals surface area contributed by atoms with Crippen molar-refractivity contribution in [3.05, 3.63) is 35.1 Å². The van der Waals surface area contributed by atoms with Crippen LogP contribution >= 0.6 is 15.9 Å². The largest absolute Gasteiger partial charge is 0.444 e. The molecule has 0 saturated heterocycles. The second-order valence-electron chi connectivity index (χ2n) is 11.5. The highest BCUT2D eigenvalue weighted by Gasteiger charge is 2.39. The summed E-state index contributed by atoms with van der Waals surface area (Å²) in [5.74, 6) is 0. The number of benzene rings is 1. The fourth-order valence-corrected chi connectivity index (χ4v) is 7.42. The lowest BCUT2D eigenvalue weighted by Crippen LogP contribution is -2.48. The fourth-order valence-electron chi connectivity index (χ4n) is 3.60. The smallest absolute Gasteiger partial charge is 0.411 e. The number of rotatable bonds is 9. The number of aromatic nitrogens is 1. The van der Waals surface area contributed by atoms with E-state index in [0.29, 0.717) is 28.3 Å². The number of carbonyl (C=O) groups is 1. The summed E-state index contributed by atoms with van der Waals surface area (Å²) < 4.78 is 40.6. The first-order valence-corrected chi connectivity index (χ1v) is 17.6. The third-order valence-electron chi connectivity index (χ3n) is 6.50. The van der Waals surface area contributed by atoms with E-state index in [1.165, 1.54) is 4.90 Å². The maximum Gasteiger partial charge on any atom is 0.411 e. The van der Waals surface area contributed by atoms with Gasteiger partial charge in [0, 0.05) is 40.8 Å². The molecule has 0 bridgehead atoms. The van der Waals surface area contributed by atoms with Crippen LogP contribution in [-0.4, -0.2) is 56.8 Å². The van der Waals surface area contributed by atoms with Crippen molar-refractivity contribution in [3.63, 3.8) is 0 Å². The van der Waals surface area contributed by atoms with Gasteiger partial charge >= 0.3 is 6.09 Å². The van der Waals surface area contributed by atoms with Crippen molar-refractivity contribution in [3.8, 4) is 0 Å². The summed E-state index contributed by atoms with van der Waals surface area (Å²) >= 11 is 3.46. The number of amides is 1. The number of hydrogen-bond donors (Lipinski definition) is 0. The number of sulfone groups is 1. The molecule has 1 aromatic carbocycles. The molecule has 0 fully saturated rings. The van der Waals surface area contributed by atoms with Gasteiger partial charge < -0.3 is 9.16 Å². The van der Waals surface area contributed by atoms with Crippen molar-refractivity contribution in [1.82, 2.24) is 9.88 Å². The van der Waals surface area contributed by atoms with E-state index in [1.54, 1.807) is 52.2 Å². The number of ether oxygens (including phenoxy) is 1.